The summed E-state index contributed by atoms with van der Waals surface area (Å²) in [7, 11) is 0. The molecule has 0 unspecified atom stereocenters. The van der Waals surface area contributed by atoms with Gasteiger partial charge in [0, 0.05) is 11.9 Å². The Balaban J connectivity index is 1.60. The van der Waals surface area contributed by atoms with E-state index in [0.29, 0.717) is 0 Å². The molecule has 2 rings (SSSR count). The molecule has 0 saturated carbocycles. The first-order valence-corrected chi connectivity index (χ1v) is 7.13. The molecule has 1 aromatic rings. The Morgan fingerprint density at radius 3 is 2.94 bits per heavy atom. The van der Waals surface area contributed by atoms with Gasteiger partial charge in [0.2, 0.25) is 0 Å². The van der Waals surface area contributed by atoms with Crippen molar-refractivity contribution in [2.24, 2.45) is 5.92 Å². The molecule has 1 aliphatic heterocycles. The van der Waals surface area contributed by atoms with Crippen LogP contribution in [0.2, 0.25) is 0 Å². The van der Waals surface area contributed by atoms with Gasteiger partial charge in [-0.2, -0.15) is 0 Å². The van der Waals surface area contributed by atoms with Crippen molar-refractivity contribution < 1.29 is 0 Å². The van der Waals surface area contributed by atoms with Gasteiger partial charge in [0.25, 0.3) is 0 Å². The number of piperidine rings is 1. The third-order valence-electron chi connectivity index (χ3n) is 3.38. The third kappa shape index (κ3) is 3.54. The summed E-state index contributed by atoms with van der Waals surface area (Å²) in [5, 5.41) is 5.63. The van der Waals surface area contributed by atoms with Gasteiger partial charge in [0.15, 0.2) is 0 Å². The maximum atomic E-state index is 4.27. The standard InChI is InChI=1S/C12H21N3S/c1-2-15-5-3-11(4-6-15)7-13-8-12-9-16-10-14-12/h9-11,13H,2-8H2,1H3. The fourth-order valence-electron chi connectivity index (χ4n) is 2.24. The predicted molar refractivity (Wildman–Crippen MR) is 68.7 cm³/mol. The molecular formula is C12H21N3S. The van der Waals surface area contributed by atoms with E-state index in [0.717, 1.165) is 19.0 Å². The molecule has 0 aliphatic carbocycles. The highest BCUT2D eigenvalue weighted by molar-refractivity contribution is 7.07. The molecule has 1 aliphatic rings. The van der Waals surface area contributed by atoms with E-state index in [4.69, 9.17) is 0 Å². The van der Waals surface area contributed by atoms with Gasteiger partial charge < -0.3 is 10.2 Å². The van der Waals surface area contributed by atoms with Gasteiger partial charge in [-0.25, -0.2) is 4.98 Å². The average molecular weight is 239 g/mol. The first-order valence-electron chi connectivity index (χ1n) is 6.18. The second kappa shape index (κ2) is 6.33. The maximum absolute atomic E-state index is 4.27. The van der Waals surface area contributed by atoms with Crippen molar-refractivity contribution in [1.82, 2.24) is 15.2 Å². The summed E-state index contributed by atoms with van der Waals surface area (Å²) < 4.78 is 0. The molecule has 1 aromatic heterocycles. The van der Waals surface area contributed by atoms with Crippen molar-refractivity contribution in [1.29, 1.82) is 0 Å². The molecule has 1 N–H and O–H groups in total. The molecule has 1 fully saturated rings. The Morgan fingerprint density at radius 2 is 2.31 bits per heavy atom. The number of aromatic nitrogens is 1. The lowest BCUT2D eigenvalue weighted by atomic mass is 9.97. The van der Waals surface area contributed by atoms with E-state index in [9.17, 15) is 0 Å². The van der Waals surface area contributed by atoms with E-state index in [1.54, 1.807) is 11.3 Å². The van der Waals surface area contributed by atoms with E-state index < -0.39 is 0 Å². The second-order valence-corrected chi connectivity index (χ2v) is 5.21. The minimum Gasteiger partial charge on any atom is -0.311 e. The molecule has 90 valence electrons. The van der Waals surface area contributed by atoms with Crippen molar-refractivity contribution in [2.75, 3.05) is 26.2 Å². The molecule has 0 amide bonds. The summed E-state index contributed by atoms with van der Waals surface area (Å²) in [6.07, 6.45) is 2.69. The second-order valence-electron chi connectivity index (χ2n) is 4.49. The molecule has 0 bridgehead atoms. The number of hydrogen-bond donors (Lipinski definition) is 1. The summed E-state index contributed by atoms with van der Waals surface area (Å²) in [5.74, 6) is 0.862. The first kappa shape index (κ1) is 12.0. The SMILES string of the molecule is CCN1CCC(CNCc2cscn2)CC1. The third-order valence-corrected chi connectivity index (χ3v) is 4.01. The van der Waals surface area contributed by atoms with Crippen molar-refractivity contribution in [3.05, 3.63) is 16.6 Å². The topological polar surface area (TPSA) is 28.2 Å². The maximum Gasteiger partial charge on any atom is 0.0795 e. The van der Waals surface area contributed by atoms with Gasteiger partial charge in [-0.3, -0.25) is 0 Å². The minimum atomic E-state index is 0.862. The van der Waals surface area contributed by atoms with Gasteiger partial charge in [-0.15, -0.1) is 11.3 Å². The van der Waals surface area contributed by atoms with Crippen LogP contribution in [0, 0.1) is 5.92 Å². The van der Waals surface area contributed by atoms with Crippen LogP contribution in [0.1, 0.15) is 25.5 Å². The van der Waals surface area contributed by atoms with Crippen LogP contribution in [0.3, 0.4) is 0 Å². The van der Waals surface area contributed by atoms with Gasteiger partial charge in [-0.05, 0) is 44.9 Å². The highest BCUT2D eigenvalue weighted by Crippen LogP contribution is 2.15. The van der Waals surface area contributed by atoms with Crippen LogP contribution in [-0.4, -0.2) is 36.1 Å². The van der Waals surface area contributed by atoms with Crippen molar-refractivity contribution in [3.63, 3.8) is 0 Å². The smallest absolute Gasteiger partial charge is 0.0795 e. The molecule has 0 atom stereocenters. The zero-order chi connectivity index (χ0) is 11.2. The highest BCUT2D eigenvalue weighted by atomic mass is 32.1. The van der Waals surface area contributed by atoms with Crippen LogP contribution >= 0.6 is 11.3 Å². The Labute approximate surface area is 102 Å². The van der Waals surface area contributed by atoms with Crippen LogP contribution < -0.4 is 5.32 Å². The molecule has 0 radical (unpaired) electrons. The molecular weight excluding hydrogens is 218 g/mol. The lowest BCUT2D eigenvalue weighted by Gasteiger charge is -2.31. The Bertz CT molecular complexity index is 278. The molecule has 16 heavy (non-hydrogen) atoms. The van der Waals surface area contributed by atoms with Crippen molar-refractivity contribution >= 4 is 11.3 Å². The zero-order valence-corrected chi connectivity index (χ0v) is 10.8. The first-order chi connectivity index (χ1) is 7.88. The van der Waals surface area contributed by atoms with Gasteiger partial charge >= 0.3 is 0 Å². The number of hydrogen-bond acceptors (Lipinski definition) is 4. The highest BCUT2D eigenvalue weighted by Gasteiger charge is 2.17. The minimum absolute atomic E-state index is 0.862. The fourth-order valence-corrected chi connectivity index (χ4v) is 2.79. The fraction of sp³-hybridized carbons (Fsp3) is 0.750. The quantitative estimate of drug-likeness (QED) is 0.851. The molecule has 2 heterocycles. The monoisotopic (exact) mass is 239 g/mol. The summed E-state index contributed by atoms with van der Waals surface area (Å²) in [5.41, 5.74) is 3.08. The van der Waals surface area contributed by atoms with E-state index >= 15 is 0 Å². The number of rotatable bonds is 5. The number of nitrogens with zero attached hydrogens (tertiary/aromatic N) is 2. The van der Waals surface area contributed by atoms with Crippen LogP contribution in [0.4, 0.5) is 0 Å². The van der Waals surface area contributed by atoms with Crippen LogP contribution in [0.15, 0.2) is 10.9 Å². The number of thiazole rings is 1. The average Bonchev–Trinajstić information content (AvgIpc) is 2.83. The predicted octanol–water partition coefficient (Wildman–Crippen LogP) is 1.96. The van der Waals surface area contributed by atoms with E-state index in [1.807, 2.05) is 5.51 Å². The zero-order valence-electron chi connectivity index (χ0n) is 9.98. The number of nitrogens with one attached hydrogen (secondary N) is 1. The van der Waals surface area contributed by atoms with E-state index in [1.165, 1.54) is 38.2 Å². The van der Waals surface area contributed by atoms with Gasteiger partial charge in [0.1, 0.15) is 0 Å². The van der Waals surface area contributed by atoms with E-state index in [-0.39, 0.29) is 0 Å². The van der Waals surface area contributed by atoms with Crippen LogP contribution in [0.5, 0.6) is 0 Å². The molecule has 3 nitrogen and oxygen atoms in total. The van der Waals surface area contributed by atoms with E-state index in [2.05, 4.69) is 27.5 Å². The molecule has 0 aromatic carbocycles. The van der Waals surface area contributed by atoms with Gasteiger partial charge in [0.05, 0.1) is 11.2 Å². The summed E-state index contributed by atoms with van der Waals surface area (Å²) >= 11 is 1.67. The Kier molecular flexibility index (Phi) is 4.75. The lowest BCUT2D eigenvalue weighted by molar-refractivity contribution is 0.190. The molecule has 0 spiro atoms. The molecule has 4 heteroatoms. The molecule has 1 saturated heterocycles. The Morgan fingerprint density at radius 1 is 1.50 bits per heavy atom. The largest absolute Gasteiger partial charge is 0.311 e. The van der Waals surface area contributed by atoms with Crippen molar-refractivity contribution in [2.45, 2.75) is 26.3 Å². The number of likely N-dealkylation sites (tertiary alicyclic amines) is 1. The summed E-state index contributed by atoms with van der Waals surface area (Å²) in [4.78, 5) is 6.81. The van der Waals surface area contributed by atoms with Crippen LogP contribution in [-0.2, 0) is 6.54 Å². The summed E-state index contributed by atoms with van der Waals surface area (Å²) in [6, 6.07) is 0. The van der Waals surface area contributed by atoms with Gasteiger partial charge in [-0.1, -0.05) is 6.92 Å². The van der Waals surface area contributed by atoms with Crippen molar-refractivity contribution in [3.8, 4) is 0 Å². The Hall–Kier alpha value is -0.450. The lowest BCUT2D eigenvalue weighted by Crippen LogP contribution is -2.36. The summed E-state index contributed by atoms with van der Waals surface area (Å²) in [6.45, 7) is 8.09. The van der Waals surface area contributed by atoms with Crippen LogP contribution in [0.25, 0.3) is 0 Å². The normalized spacial score (nSPS) is 19.1.